The standard InChI is InChI=1S/C12H14N2O3/c15-11-4-3-8-6-14(7-9(8)13-11)12(16)10-2-1-5-17-10/h3-4,10H,1-2,5-7H2,(H,13,15). The molecule has 3 rings (SSSR count). The van der Waals surface area contributed by atoms with Gasteiger partial charge in [-0.3, -0.25) is 9.59 Å². The highest BCUT2D eigenvalue weighted by Gasteiger charge is 2.31. The van der Waals surface area contributed by atoms with Crippen LogP contribution >= 0.6 is 0 Å². The summed E-state index contributed by atoms with van der Waals surface area (Å²) in [5.41, 5.74) is 1.76. The summed E-state index contributed by atoms with van der Waals surface area (Å²) in [6, 6.07) is 3.29. The van der Waals surface area contributed by atoms with E-state index in [1.165, 1.54) is 6.07 Å². The second-order valence-electron chi connectivity index (χ2n) is 4.52. The van der Waals surface area contributed by atoms with Gasteiger partial charge in [0, 0.05) is 24.9 Å². The summed E-state index contributed by atoms with van der Waals surface area (Å²) in [5.74, 6) is 0.0412. The van der Waals surface area contributed by atoms with E-state index in [0.717, 1.165) is 24.1 Å². The maximum atomic E-state index is 12.1. The van der Waals surface area contributed by atoms with Gasteiger partial charge in [0.05, 0.1) is 6.54 Å². The summed E-state index contributed by atoms with van der Waals surface area (Å²) in [4.78, 5) is 27.8. The van der Waals surface area contributed by atoms with E-state index in [4.69, 9.17) is 4.74 Å². The number of rotatable bonds is 1. The number of carbonyl (C=O) groups excluding carboxylic acids is 1. The summed E-state index contributed by atoms with van der Waals surface area (Å²) >= 11 is 0. The monoisotopic (exact) mass is 234 g/mol. The van der Waals surface area contributed by atoms with Gasteiger partial charge in [-0.15, -0.1) is 0 Å². The average Bonchev–Trinajstić information content (AvgIpc) is 2.96. The topological polar surface area (TPSA) is 62.4 Å². The number of fused-ring (bicyclic) bond motifs is 1. The molecular formula is C12H14N2O3. The van der Waals surface area contributed by atoms with E-state index in [9.17, 15) is 9.59 Å². The lowest BCUT2D eigenvalue weighted by Crippen LogP contribution is -2.35. The van der Waals surface area contributed by atoms with E-state index >= 15 is 0 Å². The quantitative estimate of drug-likeness (QED) is 0.765. The number of carbonyl (C=O) groups is 1. The van der Waals surface area contributed by atoms with Crippen LogP contribution in [0.2, 0.25) is 0 Å². The fourth-order valence-electron chi connectivity index (χ4n) is 2.42. The number of H-pyrrole nitrogens is 1. The molecule has 17 heavy (non-hydrogen) atoms. The van der Waals surface area contributed by atoms with Crippen molar-refractivity contribution in [3.05, 3.63) is 33.7 Å². The number of nitrogens with zero attached hydrogens (tertiary/aromatic N) is 1. The molecule has 1 atom stereocenters. The van der Waals surface area contributed by atoms with Crippen molar-refractivity contribution >= 4 is 5.91 Å². The van der Waals surface area contributed by atoms with Crippen molar-refractivity contribution in [1.29, 1.82) is 0 Å². The number of hydrogen-bond donors (Lipinski definition) is 1. The number of nitrogens with one attached hydrogen (secondary N) is 1. The molecule has 2 aliphatic heterocycles. The minimum absolute atomic E-state index is 0.0412. The molecular weight excluding hydrogens is 220 g/mol. The van der Waals surface area contributed by atoms with Crippen molar-refractivity contribution in [3.8, 4) is 0 Å². The minimum Gasteiger partial charge on any atom is -0.368 e. The lowest BCUT2D eigenvalue weighted by atomic mass is 10.2. The number of ether oxygens (including phenoxy) is 1. The van der Waals surface area contributed by atoms with E-state index in [1.807, 2.05) is 0 Å². The maximum absolute atomic E-state index is 12.1. The van der Waals surface area contributed by atoms with Gasteiger partial charge < -0.3 is 14.6 Å². The molecule has 0 aromatic carbocycles. The van der Waals surface area contributed by atoms with Crippen LogP contribution in [0.3, 0.4) is 0 Å². The summed E-state index contributed by atoms with van der Waals surface area (Å²) in [6.07, 6.45) is 1.48. The van der Waals surface area contributed by atoms with Gasteiger partial charge in [-0.25, -0.2) is 0 Å². The van der Waals surface area contributed by atoms with Crippen molar-refractivity contribution in [2.45, 2.75) is 32.0 Å². The number of hydrogen-bond acceptors (Lipinski definition) is 3. The smallest absolute Gasteiger partial charge is 0.252 e. The Morgan fingerprint density at radius 3 is 3.06 bits per heavy atom. The third kappa shape index (κ3) is 1.86. The molecule has 90 valence electrons. The second-order valence-corrected chi connectivity index (χ2v) is 4.52. The number of pyridine rings is 1. The van der Waals surface area contributed by atoms with Crippen molar-refractivity contribution in [3.63, 3.8) is 0 Å². The van der Waals surface area contributed by atoms with Crippen molar-refractivity contribution in [2.24, 2.45) is 0 Å². The molecule has 0 saturated carbocycles. The fourth-order valence-corrected chi connectivity index (χ4v) is 2.42. The summed E-state index contributed by atoms with van der Waals surface area (Å²) < 4.78 is 5.39. The number of aromatic amines is 1. The lowest BCUT2D eigenvalue weighted by Gasteiger charge is -2.18. The normalized spacial score (nSPS) is 22.8. The van der Waals surface area contributed by atoms with E-state index in [-0.39, 0.29) is 17.6 Å². The van der Waals surface area contributed by atoms with Gasteiger partial charge in [-0.1, -0.05) is 0 Å². The highest BCUT2D eigenvalue weighted by Crippen LogP contribution is 2.23. The molecule has 2 aliphatic rings. The first kappa shape index (κ1) is 10.5. The first-order chi connectivity index (χ1) is 8.24. The predicted octanol–water partition coefficient (Wildman–Crippen LogP) is 0.396. The van der Waals surface area contributed by atoms with Gasteiger partial charge in [0.1, 0.15) is 6.10 Å². The van der Waals surface area contributed by atoms with Gasteiger partial charge >= 0.3 is 0 Å². The van der Waals surface area contributed by atoms with Crippen LogP contribution in [0.1, 0.15) is 24.1 Å². The summed E-state index contributed by atoms with van der Waals surface area (Å²) in [7, 11) is 0. The van der Waals surface area contributed by atoms with Crippen LogP contribution in [0.5, 0.6) is 0 Å². The number of aromatic nitrogens is 1. The van der Waals surface area contributed by atoms with E-state index in [0.29, 0.717) is 19.7 Å². The van der Waals surface area contributed by atoms with Gasteiger partial charge in [0.15, 0.2) is 0 Å². The molecule has 0 radical (unpaired) electrons. The highest BCUT2D eigenvalue weighted by atomic mass is 16.5. The third-order valence-electron chi connectivity index (χ3n) is 3.32. The molecule has 0 aliphatic carbocycles. The second kappa shape index (κ2) is 4.00. The Balaban J connectivity index is 1.77. The molecule has 1 unspecified atom stereocenters. The zero-order chi connectivity index (χ0) is 11.8. The SMILES string of the molecule is O=C(C1CCCO1)N1Cc2ccc(=O)[nH]c2C1. The molecule has 5 heteroatoms. The molecule has 1 amide bonds. The van der Waals surface area contributed by atoms with Crippen molar-refractivity contribution in [1.82, 2.24) is 9.88 Å². The minimum atomic E-state index is -0.281. The molecule has 1 saturated heterocycles. The summed E-state index contributed by atoms with van der Waals surface area (Å²) in [5, 5.41) is 0. The van der Waals surface area contributed by atoms with Crippen molar-refractivity contribution in [2.75, 3.05) is 6.61 Å². The Hall–Kier alpha value is -1.62. The summed E-state index contributed by atoms with van der Waals surface area (Å²) in [6.45, 7) is 1.74. The zero-order valence-electron chi connectivity index (χ0n) is 9.44. The Bertz CT molecular complexity index is 503. The van der Waals surface area contributed by atoms with Crippen molar-refractivity contribution < 1.29 is 9.53 Å². The number of amides is 1. The first-order valence-corrected chi connectivity index (χ1v) is 5.85. The molecule has 5 nitrogen and oxygen atoms in total. The molecule has 1 N–H and O–H groups in total. The Morgan fingerprint density at radius 1 is 1.41 bits per heavy atom. The zero-order valence-corrected chi connectivity index (χ0v) is 9.44. The first-order valence-electron chi connectivity index (χ1n) is 5.85. The van der Waals surface area contributed by atoms with E-state index in [1.54, 1.807) is 11.0 Å². The Morgan fingerprint density at radius 2 is 2.29 bits per heavy atom. The maximum Gasteiger partial charge on any atom is 0.252 e. The molecule has 1 fully saturated rings. The van der Waals surface area contributed by atoms with Gasteiger partial charge in [0.25, 0.3) is 5.91 Å². The van der Waals surface area contributed by atoms with Crippen LogP contribution in [0.4, 0.5) is 0 Å². The Labute approximate surface area is 98.4 Å². The molecule has 0 bridgehead atoms. The highest BCUT2D eigenvalue weighted by molar-refractivity contribution is 5.81. The van der Waals surface area contributed by atoms with Gasteiger partial charge in [0.2, 0.25) is 5.56 Å². The van der Waals surface area contributed by atoms with Gasteiger partial charge in [-0.05, 0) is 24.5 Å². The molecule has 3 heterocycles. The molecule has 0 spiro atoms. The predicted molar refractivity (Wildman–Crippen MR) is 60.3 cm³/mol. The van der Waals surface area contributed by atoms with Crippen LogP contribution < -0.4 is 5.56 Å². The molecule has 1 aromatic rings. The average molecular weight is 234 g/mol. The fraction of sp³-hybridized carbons (Fsp3) is 0.500. The molecule has 1 aromatic heterocycles. The van der Waals surface area contributed by atoms with Crippen LogP contribution in [0.25, 0.3) is 0 Å². The van der Waals surface area contributed by atoms with Crippen LogP contribution in [0, 0.1) is 0 Å². The van der Waals surface area contributed by atoms with Crippen LogP contribution in [-0.4, -0.2) is 28.5 Å². The van der Waals surface area contributed by atoms with E-state index in [2.05, 4.69) is 4.98 Å². The van der Waals surface area contributed by atoms with E-state index < -0.39 is 0 Å². The largest absolute Gasteiger partial charge is 0.368 e. The van der Waals surface area contributed by atoms with Crippen LogP contribution in [-0.2, 0) is 22.6 Å². The van der Waals surface area contributed by atoms with Gasteiger partial charge in [-0.2, -0.15) is 0 Å². The van der Waals surface area contributed by atoms with Crippen LogP contribution in [0.15, 0.2) is 16.9 Å². The Kier molecular flexibility index (Phi) is 2.48. The third-order valence-corrected chi connectivity index (χ3v) is 3.32. The lowest BCUT2D eigenvalue weighted by molar-refractivity contribution is -0.141.